The molecule has 1 rings (SSSR count). The minimum Gasteiger partial charge on any atom is -0.207 e. The van der Waals surface area contributed by atoms with Crippen molar-refractivity contribution in [2.24, 2.45) is 0 Å². The van der Waals surface area contributed by atoms with Gasteiger partial charge in [-0.1, -0.05) is 18.2 Å². The van der Waals surface area contributed by atoms with Crippen LogP contribution in [-0.2, 0) is 0 Å². The molecule has 1 aromatic carbocycles. The molecule has 10 heavy (non-hydrogen) atoms. The van der Waals surface area contributed by atoms with Crippen LogP contribution in [0.25, 0.3) is 0 Å². The Balaban J connectivity index is 2.94. The lowest BCUT2D eigenvalue weighted by atomic mass is 10.2. The second-order valence-electron chi connectivity index (χ2n) is 1.79. The van der Waals surface area contributed by atoms with Gasteiger partial charge in [-0.3, -0.25) is 0 Å². The third kappa shape index (κ3) is 1.32. The van der Waals surface area contributed by atoms with Crippen LogP contribution in [0.3, 0.4) is 0 Å². The second kappa shape index (κ2) is 2.98. The van der Waals surface area contributed by atoms with Crippen molar-refractivity contribution in [3.8, 4) is 6.07 Å². The molecule has 0 heterocycles. The Morgan fingerprint density at radius 1 is 1.40 bits per heavy atom. The highest BCUT2D eigenvalue weighted by atomic mass is 19.1. The van der Waals surface area contributed by atoms with Crippen LogP contribution in [0, 0.1) is 23.6 Å². The molecule has 0 atom stereocenters. The van der Waals surface area contributed by atoms with E-state index in [1.807, 2.05) is 0 Å². The van der Waals surface area contributed by atoms with E-state index in [1.54, 1.807) is 24.3 Å². The summed E-state index contributed by atoms with van der Waals surface area (Å²) >= 11 is 0. The fraction of sp³-hybridized carbons (Fsp3) is 0. The van der Waals surface area contributed by atoms with E-state index in [9.17, 15) is 4.39 Å². The predicted molar refractivity (Wildman–Crippen MR) is 35.4 cm³/mol. The maximum atomic E-state index is 12.6. The van der Waals surface area contributed by atoms with Crippen molar-refractivity contribution in [1.82, 2.24) is 0 Å². The number of rotatable bonds is 1. The Kier molecular flexibility index (Phi) is 2.01. The van der Waals surface area contributed by atoms with Gasteiger partial charge in [0.25, 0.3) is 0 Å². The Hall–Kier alpha value is -1.36. The summed E-state index contributed by atoms with van der Waals surface area (Å²) in [7, 11) is 0. The van der Waals surface area contributed by atoms with Gasteiger partial charge in [-0.2, -0.15) is 5.26 Å². The lowest BCUT2D eigenvalue weighted by Crippen LogP contribution is -1.83. The lowest BCUT2D eigenvalue weighted by molar-refractivity contribution is 0.621. The summed E-state index contributed by atoms with van der Waals surface area (Å²) in [5.74, 6) is -0.357. The van der Waals surface area contributed by atoms with Crippen molar-refractivity contribution in [2.75, 3.05) is 0 Å². The standard InChI is InChI=1S/C8H5FN/c9-8-4-2-1-3-7(8)5-6-10/h1-5H. The fourth-order valence-corrected chi connectivity index (χ4v) is 0.662. The van der Waals surface area contributed by atoms with Gasteiger partial charge >= 0.3 is 0 Å². The number of nitrogens with zero attached hydrogens (tertiary/aromatic N) is 1. The van der Waals surface area contributed by atoms with Crippen LogP contribution in [0.2, 0.25) is 0 Å². The molecule has 49 valence electrons. The average Bonchev–Trinajstić information content (AvgIpc) is 1.94. The molecular formula is C8H5FN. The summed E-state index contributed by atoms with van der Waals surface area (Å²) in [4.78, 5) is 0. The molecule has 0 unspecified atom stereocenters. The third-order valence-corrected chi connectivity index (χ3v) is 1.13. The molecule has 2 heteroatoms. The first kappa shape index (κ1) is 6.76. The highest BCUT2D eigenvalue weighted by Gasteiger charge is 1.97. The van der Waals surface area contributed by atoms with E-state index in [1.165, 1.54) is 12.5 Å². The molecule has 0 fully saturated rings. The molecule has 1 nitrogen and oxygen atoms in total. The molecule has 1 aromatic rings. The Morgan fingerprint density at radius 2 is 2.10 bits per heavy atom. The summed E-state index contributed by atoms with van der Waals surface area (Å²) in [6, 6.07) is 7.91. The first-order valence-corrected chi connectivity index (χ1v) is 2.82. The normalized spacial score (nSPS) is 8.80. The SMILES string of the molecule is N#C[CH]c1ccccc1F. The minimum atomic E-state index is -0.357. The summed E-state index contributed by atoms with van der Waals surface area (Å²) in [6.45, 7) is 0. The van der Waals surface area contributed by atoms with E-state index < -0.39 is 0 Å². The smallest absolute Gasteiger partial charge is 0.127 e. The van der Waals surface area contributed by atoms with Gasteiger partial charge in [-0.25, -0.2) is 4.39 Å². The molecule has 0 bridgehead atoms. The number of halogens is 1. The number of hydrogen-bond donors (Lipinski definition) is 0. The zero-order valence-electron chi connectivity index (χ0n) is 5.21. The van der Waals surface area contributed by atoms with Gasteiger partial charge in [0, 0.05) is 5.56 Å². The minimum absolute atomic E-state index is 0.338. The molecule has 0 N–H and O–H groups in total. The molecular weight excluding hydrogens is 129 g/mol. The van der Waals surface area contributed by atoms with E-state index in [-0.39, 0.29) is 5.82 Å². The third-order valence-electron chi connectivity index (χ3n) is 1.13. The van der Waals surface area contributed by atoms with E-state index in [0.29, 0.717) is 5.56 Å². The van der Waals surface area contributed by atoms with Crippen LogP contribution in [-0.4, -0.2) is 0 Å². The van der Waals surface area contributed by atoms with Crippen LogP contribution in [0.15, 0.2) is 24.3 Å². The van der Waals surface area contributed by atoms with Gasteiger partial charge in [0.05, 0.1) is 12.5 Å². The first-order valence-electron chi connectivity index (χ1n) is 2.82. The van der Waals surface area contributed by atoms with Gasteiger partial charge in [0.1, 0.15) is 5.82 Å². The number of hydrogen-bond acceptors (Lipinski definition) is 1. The zero-order chi connectivity index (χ0) is 7.40. The quantitative estimate of drug-likeness (QED) is 0.575. The molecule has 0 aromatic heterocycles. The van der Waals surface area contributed by atoms with Crippen molar-refractivity contribution in [3.05, 3.63) is 42.1 Å². The van der Waals surface area contributed by atoms with Crippen LogP contribution in [0.4, 0.5) is 4.39 Å². The van der Waals surface area contributed by atoms with Crippen molar-refractivity contribution in [2.45, 2.75) is 0 Å². The van der Waals surface area contributed by atoms with Crippen LogP contribution >= 0.6 is 0 Å². The first-order chi connectivity index (χ1) is 4.84. The van der Waals surface area contributed by atoms with Gasteiger partial charge in [-0.05, 0) is 6.07 Å². The molecule has 0 amide bonds. The van der Waals surface area contributed by atoms with Gasteiger partial charge < -0.3 is 0 Å². The number of nitriles is 1. The summed E-state index contributed by atoms with van der Waals surface area (Å²) in [5.41, 5.74) is 0.338. The van der Waals surface area contributed by atoms with Gasteiger partial charge in [0.2, 0.25) is 0 Å². The fourth-order valence-electron chi connectivity index (χ4n) is 0.662. The summed E-state index contributed by atoms with van der Waals surface area (Å²) in [5, 5.41) is 8.17. The van der Waals surface area contributed by atoms with Crippen molar-refractivity contribution < 1.29 is 4.39 Å². The number of benzene rings is 1. The molecule has 0 aliphatic carbocycles. The maximum Gasteiger partial charge on any atom is 0.127 e. The van der Waals surface area contributed by atoms with Crippen LogP contribution in [0.5, 0.6) is 0 Å². The van der Waals surface area contributed by atoms with Gasteiger partial charge in [-0.15, -0.1) is 0 Å². The molecule has 0 saturated heterocycles. The van der Waals surface area contributed by atoms with Gasteiger partial charge in [0.15, 0.2) is 0 Å². The van der Waals surface area contributed by atoms with Crippen molar-refractivity contribution >= 4 is 0 Å². The molecule has 1 radical (unpaired) electrons. The average molecular weight is 134 g/mol. The predicted octanol–water partition coefficient (Wildman–Crippen LogP) is 1.90. The Labute approximate surface area is 58.7 Å². The second-order valence-corrected chi connectivity index (χ2v) is 1.79. The topological polar surface area (TPSA) is 23.8 Å². The highest BCUT2D eigenvalue weighted by Crippen LogP contribution is 2.06. The van der Waals surface area contributed by atoms with Crippen molar-refractivity contribution in [3.63, 3.8) is 0 Å². The van der Waals surface area contributed by atoms with Crippen LogP contribution in [0.1, 0.15) is 5.56 Å². The van der Waals surface area contributed by atoms with E-state index in [2.05, 4.69) is 0 Å². The largest absolute Gasteiger partial charge is 0.207 e. The van der Waals surface area contributed by atoms with E-state index in [0.717, 1.165) is 0 Å². The molecule has 0 saturated carbocycles. The lowest BCUT2D eigenvalue weighted by Gasteiger charge is -1.92. The van der Waals surface area contributed by atoms with E-state index >= 15 is 0 Å². The highest BCUT2D eigenvalue weighted by molar-refractivity contribution is 5.29. The molecule has 0 aliphatic rings. The Morgan fingerprint density at radius 3 is 2.70 bits per heavy atom. The van der Waals surface area contributed by atoms with Crippen molar-refractivity contribution in [1.29, 1.82) is 5.26 Å². The van der Waals surface area contributed by atoms with E-state index in [4.69, 9.17) is 5.26 Å². The zero-order valence-corrected chi connectivity index (χ0v) is 5.21. The Bertz CT molecular complexity index is 262. The summed E-state index contributed by atoms with van der Waals surface area (Å²) in [6.07, 6.45) is 1.18. The maximum absolute atomic E-state index is 12.6. The molecule has 0 spiro atoms. The summed E-state index contributed by atoms with van der Waals surface area (Å²) < 4.78 is 12.6. The molecule has 0 aliphatic heterocycles. The van der Waals surface area contributed by atoms with Crippen LogP contribution < -0.4 is 0 Å². The monoisotopic (exact) mass is 134 g/mol.